The van der Waals surface area contributed by atoms with Crippen LogP contribution in [0.15, 0.2) is 35.1 Å². The second-order valence-electron chi connectivity index (χ2n) is 8.42. The minimum atomic E-state index is -0.288. The predicted octanol–water partition coefficient (Wildman–Crippen LogP) is 3.10. The molecule has 0 bridgehead atoms. The number of nitrogens with zero attached hydrogens (tertiary/aromatic N) is 2. The number of rotatable bonds is 7. The number of carbonyl (C=O) groups excluding carboxylic acids is 2. The first-order chi connectivity index (χ1) is 14.8. The molecule has 0 aliphatic heterocycles. The minimum Gasteiger partial charge on any atom is -0.352 e. The van der Waals surface area contributed by atoms with Crippen LogP contribution in [-0.4, -0.2) is 38.7 Å². The van der Waals surface area contributed by atoms with Gasteiger partial charge in [-0.05, 0) is 37.3 Å². The summed E-state index contributed by atoms with van der Waals surface area (Å²) in [5.74, 6) is 1.11. The lowest BCUT2D eigenvalue weighted by Crippen LogP contribution is -2.44. The highest BCUT2D eigenvalue weighted by molar-refractivity contribution is 8.00. The Kier molecular flexibility index (Phi) is 7.64. The lowest BCUT2D eigenvalue weighted by molar-refractivity contribution is -0.120. The molecular formula is C23H32N4O3S. The van der Waals surface area contributed by atoms with Crippen molar-refractivity contribution < 1.29 is 9.59 Å². The van der Waals surface area contributed by atoms with Crippen molar-refractivity contribution >= 4 is 29.3 Å². The molecule has 0 spiro atoms. The fraction of sp³-hybridized carbons (Fsp3) is 0.522. The average molecular weight is 445 g/mol. The Morgan fingerprint density at radius 3 is 2.48 bits per heavy atom. The van der Waals surface area contributed by atoms with Crippen molar-refractivity contribution in [1.82, 2.24) is 14.7 Å². The zero-order valence-electron chi connectivity index (χ0n) is 18.7. The molecule has 1 aromatic heterocycles. The fourth-order valence-electron chi connectivity index (χ4n) is 4.16. The van der Waals surface area contributed by atoms with Gasteiger partial charge >= 0.3 is 0 Å². The molecule has 1 aliphatic rings. The van der Waals surface area contributed by atoms with Crippen molar-refractivity contribution in [2.45, 2.75) is 46.1 Å². The lowest BCUT2D eigenvalue weighted by atomic mass is 9.78. The van der Waals surface area contributed by atoms with Gasteiger partial charge in [0.1, 0.15) is 5.69 Å². The van der Waals surface area contributed by atoms with Crippen molar-refractivity contribution in [2.75, 3.05) is 16.8 Å². The van der Waals surface area contributed by atoms with Crippen LogP contribution in [0.1, 0.15) is 38.8 Å². The molecule has 1 saturated carbocycles. The van der Waals surface area contributed by atoms with Gasteiger partial charge in [0.15, 0.2) is 0 Å². The van der Waals surface area contributed by atoms with E-state index in [0.29, 0.717) is 17.5 Å². The van der Waals surface area contributed by atoms with Crippen molar-refractivity contribution in [2.24, 2.45) is 18.9 Å². The summed E-state index contributed by atoms with van der Waals surface area (Å²) in [6.45, 7) is 6.22. The zero-order valence-corrected chi connectivity index (χ0v) is 19.5. The van der Waals surface area contributed by atoms with Gasteiger partial charge in [-0.15, -0.1) is 11.8 Å². The van der Waals surface area contributed by atoms with Gasteiger partial charge in [-0.2, -0.15) is 0 Å². The van der Waals surface area contributed by atoms with E-state index in [1.807, 2.05) is 30.3 Å². The highest BCUT2D eigenvalue weighted by Crippen LogP contribution is 2.29. The first-order valence-electron chi connectivity index (χ1n) is 10.8. The molecule has 3 atom stereocenters. The van der Waals surface area contributed by atoms with Crippen molar-refractivity contribution in [1.29, 1.82) is 0 Å². The number of hydrogen-bond acceptors (Lipinski definition) is 4. The number of benzene rings is 1. The topological polar surface area (TPSA) is 85.1 Å². The molecule has 2 N–H and O–H groups in total. The Bertz CT molecular complexity index is 983. The summed E-state index contributed by atoms with van der Waals surface area (Å²) in [7, 11) is 1.78. The zero-order chi connectivity index (χ0) is 22.5. The summed E-state index contributed by atoms with van der Waals surface area (Å²) in [5, 5.41) is 5.85. The lowest BCUT2D eigenvalue weighted by Gasteiger charge is -2.34. The van der Waals surface area contributed by atoms with Crippen LogP contribution in [-0.2, 0) is 16.6 Å². The Morgan fingerprint density at radius 2 is 1.77 bits per heavy atom. The van der Waals surface area contributed by atoms with Gasteiger partial charge in [0.05, 0.1) is 22.9 Å². The molecule has 0 saturated heterocycles. The van der Waals surface area contributed by atoms with Crippen LogP contribution in [0.3, 0.4) is 0 Å². The molecule has 8 heteroatoms. The van der Waals surface area contributed by atoms with E-state index in [1.54, 1.807) is 18.7 Å². The number of amides is 2. The number of thioether (sulfide) groups is 1. The third-order valence-corrected chi connectivity index (χ3v) is 7.27. The molecule has 1 heterocycles. The monoisotopic (exact) mass is 444 g/mol. The molecule has 1 aromatic carbocycles. The Morgan fingerprint density at radius 1 is 1.10 bits per heavy atom. The van der Waals surface area contributed by atoms with E-state index in [2.05, 4.69) is 24.5 Å². The third kappa shape index (κ3) is 5.42. The number of nitrogens with one attached hydrogen (secondary N) is 2. The van der Waals surface area contributed by atoms with E-state index in [0.717, 1.165) is 18.5 Å². The second-order valence-corrected chi connectivity index (χ2v) is 9.40. The van der Waals surface area contributed by atoms with Gasteiger partial charge in [0.2, 0.25) is 11.8 Å². The maximum atomic E-state index is 12.9. The smallest absolute Gasteiger partial charge is 0.295 e. The molecule has 1 aliphatic carbocycles. The molecule has 3 rings (SSSR count). The Balaban J connectivity index is 1.53. The van der Waals surface area contributed by atoms with E-state index in [4.69, 9.17) is 0 Å². The standard InChI is InChI=1S/C23H32N4O3S/c1-15-9-8-12-19(16(15)2)24-20(28)13-31-14-21(29)25-22-17(3)26(4)27(23(22)30)18-10-6-5-7-11-18/h5-7,10-11,15-16,19H,8-9,12-14H2,1-4H3,(H,24,28)(H,25,29). The molecule has 168 valence electrons. The number of carbonyl (C=O) groups is 2. The van der Waals surface area contributed by atoms with Gasteiger partial charge in [0.25, 0.3) is 5.56 Å². The Labute approximate surface area is 187 Å². The summed E-state index contributed by atoms with van der Waals surface area (Å²) in [4.78, 5) is 37.6. The summed E-state index contributed by atoms with van der Waals surface area (Å²) in [6.07, 6.45) is 3.37. The molecule has 7 nitrogen and oxygen atoms in total. The molecule has 3 unspecified atom stereocenters. The number of hydrogen-bond donors (Lipinski definition) is 2. The van der Waals surface area contributed by atoms with Gasteiger partial charge in [-0.1, -0.05) is 44.9 Å². The average Bonchev–Trinajstić information content (AvgIpc) is 2.95. The van der Waals surface area contributed by atoms with E-state index in [1.165, 1.54) is 22.9 Å². The van der Waals surface area contributed by atoms with E-state index in [-0.39, 0.29) is 40.6 Å². The quantitative estimate of drug-likeness (QED) is 0.687. The second kappa shape index (κ2) is 10.2. The van der Waals surface area contributed by atoms with Gasteiger partial charge in [0, 0.05) is 13.1 Å². The van der Waals surface area contributed by atoms with Crippen LogP contribution in [0.4, 0.5) is 5.69 Å². The van der Waals surface area contributed by atoms with Crippen LogP contribution >= 0.6 is 11.8 Å². The normalized spacial score (nSPS) is 21.0. The Hall–Kier alpha value is -2.48. The molecule has 31 heavy (non-hydrogen) atoms. The van der Waals surface area contributed by atoms with Crippen LogP contribution in [0, 0.1) is 18.8 Å². The summed E-state index contributed by atoms with van der Waals surface area (Å²) < 4.78 is 3.25. The summed E-state index contributed by atoms with van der Waals surface area (Å²) >= 11 is 1.26. The molecule has 1 fully saturated rings. The van der Waals surface area contributed by atoms with E-state index < -0.39 is 0 Å². The maximum absolute atomic E-state index is 12.9. The van der Waals surface area contributed by atoms with Crippen LogP contribution in [0.2, 0.25) is 0 Å². The molecule has 2 aromatic rings. The van der Waals surface area contributed by atoms with Crippen LogP contribution < -0.4 is 16.2 Å². The van der Waals surface area contributed by atoms with Crippen molar-refractivity contribution in [3.8, 4) is 5.69 Å². The van der Waals surface area contributed by atoms with E-state index >= 15 is 0 Å². The van der Waals surface area contributed by atoms with Gasteiger partial charge < -0.3 is 10.6 Å². The SMILES string of the molecule is Cc1c(NC(=O)CSCC(=O)NC2CCCC(C)C2C)c(=O)n(-c2ccccc2)n1C. The van der Waals surface area contributed by atoms with E-state index in [9.17, 15) is 14.4 Å². The summed E-state index contributed by atoms with van der Waals surface area (Å²) in [6, 6.07) is 9.51. The maximum Gasteiger partial charge on any atom is 0.295 e. The largest absolute Gasteiger partial charge is 0.352 e. The molecule has 0 radical (unpaired) electrons. The number of anilines is 1. The molecule has 2 amide bonds. The number of para-hydroxylation sites is 1. The van der Waals surface area contributed by atoms with Crippen LogP contribution in [0.5, 0.6) is 0 Å². The predicted molar refractivity (Wildman–Crippen MR) is 126 cm³/mol. The highest BCUT2D eigenvalue weighted by atomic mass is 32.2. The van der Waals surface area contributed by atoms with Crippen molar-refractivity contribution in [3.63, 3.8) is 0 Å². The molecular weight excluding hydrogens is 412 g/mol. The van der Waals surface area contributed by atoms with Gasteiger partial charge in [-0.25, -0.2) is 4.68 Å². The third-order valence-electron chi connectivity index (χ3n) is 6.34. The highest BCUT2D eigenvalue weighted by Gasteiger charge is 2.28. The first-order valence-corrected chi connectivity index (χ1v) is 12.0. The van der Waals surface area contributed by atoms with Gasteiger partial charge in [-0.3, -0.25) is 19.1 Å². The van der Waals surface area contributed by atoms with Crippen molar-refractivity contribution in [3.05, 3.63) is 46.4 Å². The summed E-state index contributed by atoms with van der Waals surface area (Å²) in [5.41, 5.74) is 1.40. The minimum absolute atomic E-state index is 0.0360. The van der Waals surface area contributed by atoms with Crippen LogP contribution in [0.25, 0.3) is 5.69 Å². The first kappa shape index (κ1) is 23.2. The fourth-order valence-corrected chi connectivity index (χ4v) is 4.79. The number of aromatic nitrogens is 2.